The number of methoxy groups -OCH3 is 1. The summed E-state index contributed by atoms with van der Waals surface area (Å²) in [4.78, 5) is 16.2. The van der Waals surface area contributed by atoms with Crippen LogP contribution in [0.1, 0.15) is 35.4 Å². The van der Waals surface area contributed by atoms with Crippen molar-refractivity contribution in [2.45, 2.75) is 18.9 Å². The molecule has 0 saturated carbocycles. The van der Waals surface area contributed by atoms with E-state index in [4.69, 9.17) is 9.26 Å². The number of carbonyl (C=O) groups is 1. The quantitative estimate of drug-likeness (QED) is 0.891. The molecule has 1 aliphatic rings. The second-order valence-electron chi connectivity index (χ2n) is 4.79. The molecule has 7 nitrogen and oxygen atoms in total. The molecule has 2 N–H and O–H groups in total. The molecular weight excluding hydrogens is 272 g/mol. The Bertz CT molecular complexity index is 635. The van der Waals surface area contributed by atoms with E-state index in [-0.39, 0.29) is 11.9 Å². The van der Waals surface area contributed by atoms with Crippen molar-refractivity contribution in [1.82, 2.24) is 15.5 Å². The molecule has 7 heteroatoms. The number of nitrogens with one attached hydrogen (secondary N) is 2. The second kappa shape index (κ2) is 5.92. The molecule has 1 aromatic carbocycles. The molecule has 2 heterocycles. The highest BCUT2D eigenvalue weighted by atomic mass is 16.5. The molecule has 1 atom stereocenters. The topological polar surface area (TPSA) is 89.3 Å². The molecule has 0 aliphatic carbocycles. The van der Waals surface area contributed by atoms with Crippen LogP contribution in [0.4, 0.5) is 5.69 Å². The molecule has 1 aliphatic heterocycles. The minimum atomic E-state index is -0.406. The number of carbonyl (C=O) groups excluding carboxylic acids is 1. The third-order valence-electron chi connectivity index (χ3n) is 3.33. The maximum atomic E-state index is 12.1. The summed E-state index contributed by atoms with van der Waals surface area (Å²) in [5, 5.41) is 9.69. The van der Waals surface area contributed by atoms with Gasteiger partial charge in [0, 0.05) is 11.8 Å². The van der Waals surface area contributed by atoms with Crippen molar-refractivity contribution in [1.29, 1.82) is 0 Å². The summed E-state index contributed by atoms with van der Waals surface area (Å²) in [5.74, 6) is 0.748. The van der Waals surface area contributed by atoms with Gasteiger partial charge in [-0.25, -0.2) is 0 Å². The van der Waals surface area contributed by atoms with Gasteiger partial charge in [0.05, 0.1) is 13.2 Å². The van der Waals surface area contributed by atoms with Gasteiger partial charge in [0.2, 0.25) is 5.89 Å². The van der Waals surface area contributed by atoms with Gasteiger partial charge in [0.1, 0.15) is 5.75 Å². The van der Waals surface area contributed by atoms with Crippen molar-refractivity contribution in [2.24, 2.45) is 0 Å². The molecule has 110 valence electrons. The Labute approximate surface area is 121 Å². The summed E-state index contributed by atoms with van der Waals surface area (Å²) >= 11 is 0. The molecule has 0 radical (unpaired) electrons. The van der Waals surface area contributed by atoms with Crippen molar-refractivity contribution in [3.8, 4) is 5.75 Å². The van der Waals surface area contributed by atoms with E-state index < -0.39 is 5.91 Å². The predicted molar refractivity (Wildman–Crippen MR) is 75.2 cm³/mol. The summed E-state index contributed by atoms with van der Waals surface area (Å²) in [6.45, 7) is 0.929. The highest BCUT2D eigenvalue weighted by Crippen LogP contribution is 2.21. The van der Waals surface area contributed by atoms with Crippen LogP contribution in [0.5, 0.6) is 5.75 Å². The lowest BCUT2D eigenvalue weighted by Crippen LogP contribution is -2.15. The van der Waals surface area contributed by atoms with Crippen LogP contribution in [-0.2, 0) is 0 Å². The highest BCUT2D eigenvalue weighted by molar-refractivity contribution is 6.01. The first-order valence-corrected chi connectivity index (χ1v) is 6.78. The first kappa shape index (κ1) is 13.6. The molecule has 0 spiro atoms. The van der Waals surface area contributed by atoms with Crippen LogP contribution in [0.25, 0.3) is 0 Å². The van der Waals surface area contributed by atoms with Gasteiger partial charge in [-0.15, -0.1) is 0 Å². The molecule has 1 unspecified atom stereocenters. The fourth-order valence-corrected chi connectivity index (χ4v) is 2.25. The first-order valence-electron chi connectivity index (χ1n) is 6.78. The number of ether oxygens (including phenoxy) is 1. The molecule has 1 saturated heterocycles. The zero-order valence-corrected chi connectivity index (χ0v) is 11.6. The fourth-order valence-electron chi connectivity index (χ4n) is 2.25. The highest BCUT2D eigenvalue weighted by Gasteiger charge is 2.24. The van der Waals surface area contributed by atoms with E-state index in [9.17, 15) is 4.79 Å². The van der Waals surface area contributed by atoms with Gasteiger partial charge in [0.25, 0.3) is 11.7 Å². The molecule has 3 rings (SSSR count). The van der Waals surface area contributed by atoms with E-state index in [1.807, 2.05) is 0 Å². The third-order valence-corrected chi connectivity index (χ3v) is 3.33. The SMILES string of the molecule is COc1cccc(NC(=O)c2noc(C3CCCN3)n2)c1. The first-order chi connectivity index (χ1) is 10.3. The monoisotopic (exact) mass is 288 g/mol. The standard InChI is InChI=1S/C14H16N4O3/c1-20-10-5-2-4-9(8-10)16-13(19)12-17-14(21-18-12)11-6-3-7-15-11/h2,4-5,8,11,15H,3,6-7H2,1H3,(H,16,19). The maximum Gasteiger partial charge on any atom is 0.297 e. The van der Waals surface area contributed by atoms with E-state index in [2.05, 4.69) is 20.8 Å². The summed E-state index contributed by atoms with van der Waals surface area (Å²) < 4.78 is 10.2. The van der Waals surface area contributed by atoms with E-state index in [1.165, 1.54) is 0 Å². The predicted octanol–water partition coefficient (Wildman–Crippen LogP) is 1.75. The zero-order chi connectivity index (χ0) is 14.7. The number of nitrogens with zero attached hydrogens (tertiary/aromatic N) is 2. The Hall–Kier alpha value is -2.41. The Morgan fingerprint density at radius 3 is 3.19 bits per heavy atom. The number of amides is 1. The van der Waals surface area contributed by atoms with E-state index in [1.54, 1.807) is 31.4 Å². The van der Waals surface area contributed by atoms with Crippen molar-refractivity contribution in [3.05, 3.63) is 36.0 Å². The van der Waals surface area contributed by atoms with Gasteiger partial charge in [-0.2, -0.15) is 4.98 Å². The smallest absolute Gasteiger partial charge is 0.297 e. The van der Waals surface area contributed by atoms with Gasteiger partial charge in [-0.05, 0) is 31.5 Å². The van der Waals surface area contributed by atoms with Crippen molar-refractivity contribution >= 4 is 11.6 Å². The summed E-state index contributed by atoms with van der Waals surface area (Å²) in [6.07, 6.45) is 2.01. The fraction of sp³-hybridized carbons (Fsp3) is 0.357. The second-order valence-corrected chi connectivity index (χ2v) is 4.79. The lowest BCUT2D eigenvalue weighted by molar-refractivity contribution is 0.101. The largest absolute Gasteiger partial charge is 0.497 e. The van der Waals surface area contributed by atoms with Gasteiger partial charge in [0.15, 0.2) is 0 Å². The normalized spacial score (nSPS) is 17.7. The van der Waals surface area contributed by atoms with Gasteiger partial charge < -0.3 is 19.9 Å². The molecule has 2 aromatic rings. The molecule has 1 fully saturated rings. The molecule has 21 heavy (non-hydrogen) atoms. The van der Waals surface area contributed by atoms with Crippen LogP contribution in [0.2, 0.25) is 0 Å². The van der Waals surface area contributed by atoms with Crippen molar-refractivity contribution in [3.63, 3.8) is 0 Å². The summed E-state index contributed by atoms with van der Waals surface area (Å²) in [7, 11) is 1.57. The summed E-state index contributed by atoms with van der Waals surface area (Å²) in [5.41, 5.74) is 0.615. The molecule has 1 aromatic heterocycles. The van der Waals surface area contributed by atoms with Gasteiger partial charge in [-0.1, -0.05) is 11.2 Å². The third kappa shape index (κ3) is 3.03. The van der Waals surface area contributed by atoms with Gasteiger partial charge in [-0.3, -0.25) is 4.79 Å². The number of hydrogen-bond acceptors (Lipinski definition) is 6. The van der Waals surface area contributed by atoms with E-state index in [0.29, 0.717) is 17.3 Å². The van der Waals surface area contributed by atoms with Crippen LogP contribution in [0, 0.1) is 0 Å². The Balaban J connectivity index is 1.70. The van der Waals surface area contributed by atoms with Crippen LogP contribution in [-0.4, -0.2) is 29.7 Å². The number of hydrogen-bond donors (Lipinski definition) is 2. The Morgan fingerprint density at radius 2 is 2.43 bits per heavy atom. The Morgan fingerprint density at radius 1 is 1.52 bits per heavy atom. The molecule has 1 amide bonds. The van der Waals surface area contributed by atoms with Crippen molar-refractivity contribution < 1.29 is 14.1 Å². The minimum absolute atomic E-state index is 0.0292. The van der Waals surface area contributed by atoms with Gasteiger partial charge >= 0.3 is 0 Å². The number of benzene rings is 1. The number of aromatic nitrogens is 2. The van der Waals surface area contributed by atoms with Crippen LogP contribution in [0.15, 0.2) is 28.8 Å². The molecular formula is C14H16N4O3. The Kier molecular flexibility index (Phi) is 3.83. The number of rotatable bonds is 4. The van der Waals surface area contributed by atoms with Crippen LogP contribution >= 0.6 is 0 Å². The zero-order valence-electron chi connectivity index (χ0n) is 11.6. The number of anilines is 1. The molecule has 0 bridgehead atoms. The maximum absolute atomic E-state index is 12.1. The average molecular weight is 288 g/mol. The van der Waals surface area contributed by atoms with Crippen LogP contribution in [0.3, 0.4) is 0 Å². The minimum Gasteiger partial charge on any atom is -0.497 e. The van der Waals surface area contributed by atoms with Crippen LogP contribution < -0.4 is 15.4 Å². The van der Waals surface area contributed by atoms with E-state index >= 15 is 0 Å². The average Bonchev–Trinajstić information content (AvgIpc) is 3.18. The summed E-state index contributed by atoms with van der Waals surface area (Å²) in [6, 6.07) is 7.12. The lowest BCUT2D eigenvalue weighted by atomic mass is 10.2. The van der Waals surface area contributed by atoms with Crippen molar-refractivity contribution in [2.75, 3.05) is 19.0 Å². The lowest BCUT2D eigenvalue weighted by Gasteiger charge is -2.04. The van der Waals surface area contributed by atoms with E-state index in [0.717, 1.165) is 19.4 Å².